The molecule has 1 aromatic carbocycles. The minimum absolute atomic E-state index is 0.0783. The molecule has 4 rings (SSSR count). The fourth-order valence-corrected chi connectivity index (χ4v) is 4.28. The molecule has 2 N–H and O–H groups in total. The molecule has 1 aliphatic heterocycles. The summed E-state index contributed by atoms with van der Waals surface area (Å²) in [6.07, 6.45) is 2.50. The molecule has 2 atom stereocenters. The number of benzene rings is 1. The predicted octanol–water partition coefficient (Wildman–Crippen LogP) is 2.63. The van der Waals surface area contributed by atoms with E-state index in [0.29, 0.717) is 26.1 Å². The highest BCUT2D eigenvalue weighted by atomic mass is 16.4. The number of aromatic nitrogens is 1. The lowest BCUT2D eigenvalue weighted by Crippen LogP contribution is -2.41. The minimum atomic E-state index is -0.763. The second-order valence-electron chi connectivity index (χ2n) is 7.08. The smallest absolute Gasteiger partial charge is 0.317 e. The first-order chi connectivity index (χ1) is 12.1. The number of nitrogens with zero attached hydrogens (tertiary/aromatic N) is 2. The van der Waals surface area contributed by atoms with Crippen LogP contribution >= 0.6 is 0 Å². The molecule has 1 saturated heterocycles. The number of carboxylic acids is 1. The van der Waals surface area contributed by atoms with Crippen molar-refractivity contribution in [1.82, 2.24) is 15.2 Å². The summed E-state index contributed by atoms with van der Waals surface area (Å²) in [4.78, 5) is 30.4. The molecule has 1 aliphatic carbocycles. The summed E-state index contributed by atoms with van der Waals surface area (Å²) in [5.41, 5.74) is 0.951. The molecule has 0 bridgehead atoms. The molecule has 0 radical (unpaired) electrons. The molecule has 2 fully saturated rings. The summed E-state index contributed by atoms with van der Waals surface area (Å²) >= 11 is 0. The van der Waals surface area contributed by atoms with Crippen molar-refractivity contribution in [2.75, 3.05) is 13.1 Å². The second kappa shape index (κ2) is 6.02. The van der Waals surface area contributed by atoms with E-state index in [1.54, 1.807) is 4.90 Å². The zero-order valence-electron chi connectivity index (χ0n) is 13.9. The van der Waals surface area contributed by atoms with Gasteiger partial charge < -0.3 is 15.3 Å². The third-order valence-electron chi connectivity index (χ3n) is 5.66. The van der Waals surface area contributed by atoms with E-state index < -0.39 is 11.4 Å². The molecule has 1 aromatic heterocycles. The number of rotatable bonds is 3. The number of para-hydroxylation sites is 1. The molecule has 6 heteroatoms. The van der Waals surface area contributed by atoms with Crippen molar-refractivity contribution in [1.29, 1.82) is 0 Å². The van der Waals surface area contributed by atoms with E-state index in [1.165, 1.54) is 0 Å². The zero-order valence-corrected chi connectivity index (χ0v) is 13.9. The first-order valence-electron chi connectivity index (χ1n) is 8.69. The van der Waals surface area contributed by atoms with Gasteiger partial charge in [0.05, 0.1) is 23.2 Å². The molecular weight excluding hydrogens is 318 g/mol. The number of hydrogen-bond donors (Lipinski definition) is 2. The van der Waals surface area contributed by atoms with Crippen molar-refractivity contribution in [3.8, 4) is 0 Å². The van der Waals surface area contributed by atoms with E-state index in [9.17, 15) is 14.7 Å². The molecule has 1 saturated carbocycles. The van der Waals surface area contributed by atoms with Gasteiger partial charge in [0, 0.05) is 18.5 Å². The SMILES string of the molecule is O=C(NCc1ccc2ccccc2n1)N1C[C@@H]2CCC[C@@]2(C(=O)O)C1. The maximum atomic E-state index is 12.5. The molecule has 0 unspecified atom stereocenters. The van der Waals surface area contributed by atoms with Gasteiger partial charge in [-0.2, -0.15) is 0 Å². The van der Waals surface area contributed by atoms with Crippen LogP contribution in [0.3, 0.4) is 0 Å². The number of fused-ring (bicyclic) bond motifs is 2. The fraction of sp³-hybridized carbons (Fsp3) is 0.421. The van der Waals surface area contributed by atoms with Crippen LogP contribution in [0.4, 0.5) is 4.79 Å². The van der Waals surface area contributed by atoms with Crippen molar-refractivity contribution >= 4 is 22.9 Å². The van der Waals surface area contributed by atoms with Gasteiger partial charge in [-0.25, -0.2) is 4.79 Å². The molecule has 2 aliphatic rings. The molecule has 2 aromatic rings. The Morgan fingerprint density at radius 2 is 2.12 bits per heavy atom. The molecule has 130 valence electrons. The summed E-state index contributed by atoms with van der Waals surface area (Å²) in [7, 11) is 0. The van der Waals surface area contributed by atoms with Crippen molar-refractivity contribution < 1.29 is 14.7 Å². The molecule has 2 amide bonds. The highest BCUT2D eigenvalue weighted by Gasteiger charge is 2.55. The summed E-state index contributed by atoms with van der Waals surface area (Å²) in [6.45, 7) is 1.18. The Morgan fingerprint density at radius 1 is 1.28 bits per heavy atom. The van der Waals surface area contributed by atoms with Gasteiger partial charge in [-0.3, -0.25) is 9.78 Å². The number of urea groups is 1. The average Bonchev–Trinajstić information content (AvgIpc) is 3.18. The van der Waals surface area contributed by atoms with Gasteiger partial charge >= 0.3 is 12.0 Å². The van der Waals surface area contributed by atoms with Gasteiger partial charge in [-0.1, -0.05) is 30.7 Å². The standard InChI is InChI=1S/C19H21N3O3/c23-17(24)19-9-3-5-14(19)11-22(12-19)18(25)20-10-15-8-7-13-4-1-2-6-16(13)21-15/h1-2,4,6-8,14H,3,5,9-12H2,(H,20,25)(H,23,24)/t14-,19+/m0/s1. The Kier molecular flexibility index (Phi) is 3.82. The fourth-order valence-electron chi connectivity index (χ4n) is 4.28. The largest absolute Gasteiger partial charge is 0.481 e. The summed E-state index contributed by atoms with van der Waals surface area (Å²) in [5, 5.41) is 13.6. The van der Waals surface area contributed by atoms with Crippen molar-refractivity contribution in [3.05, 3.63) is 42.1 Å². The highest BCUT2D eigenvalue weighted by Crippen LogP contribution is 2.48. The first-order valence-corrected chi connectivity index (χ1v) is 8.69. The maximum absolute atomic E-state index is 12.5. The monoisotopic (exact) mass is 339 g/mol. The van der Waals surface area contributed by atoms with E-state index in [-0.39, 0.29) is 11.9 Å². The van der Waals surface area contributed by atoms with Crippen LogP contribution in [0.15, 0.2) is 36.4 Å². The van der Waals surface area contributed by atoms with E-state index in [1.807, 2.05) is 36.4 Å². The lowest BCUT2D eigenvalue weighted by molar-refractivity contribution is -0.149. The molecular formula is C19H21N3O3. The van der Waals surface area contributed by atoms with Crippen molar-refractivity contribution in [2.45, 2.75) is 25.8 Å². The topological polar surface area (TPSA) is 82.5 Å². The van der Waals surface area contributed by atoms with Crippen LogP contribution in [-0.4, -0.2) is 40.1 Å². The van der Waals surface area contributed by atoms with Crippen LogP contribution in [0, 0.1) is 11.3 Å². The Balaban J connectivity index is 1.41. The average molecular weight is 339 g/mol. The molecule has 0 spiro atoms. The molecule has 2 heterocycles. The number of aliphatic carboxylic acids is 1. The Morgan fingerprint density at radius 3 is 2.92 bits per heavy atom. The number of likely N-dealkylation sites (tertiary alicyclic amines) is 1. The number of hydrogen-bond acceptors (Lipinski definition) is 3. The highest BCUT2D eigenvalue weighted by molar-refractivity contribution is 5.81. The Bertz CT molecular complexity index is 838. The van der Waals surface area contributed by atoms with Gasteiger partial charge in [0.25, 0.3) is 0 Å². The quantitative estimate of drug-likeness (QED) is 0.900. The van der Waals surface area contributed by atoms with Gasteiger partial charge in [0.2, 0.25) is 0 Å². The van der Waals surface area contributed by atoms with Crippen molar-refractivity contribution in [2.24, 2.45) is 11.3 Å². The second-order valence-corrected chi connectivity index (χ2v) is 7.08. The third-order valence-corrected chi connectivity index (χ3v) is 5.66. The number of nitrogens with one attached hydrogen (secondary N) is 1. The molecule has 6 nitrogen and oxygen atoms in total. The van der Waals surface area contributed by atoms with Gasteiger partial charge in [-0.05, 0) is 30.9 Å². The Hall–Kier alpha value is -2.63. The van der Waals surface area contributed by atoms with E-state index in [2.05, 4.69) is 10.3 Å². The first kappa shape index (κ1) is 15.9. The zero-order chi connectivity index (χ0) is 17.4. The Labute approximate surface area is 145 Å². The van der Waals surface area contributed by atoms with Crippen molar-refractivity contribution in [3.63, 3.8) is 0 Å². The summed E-state index contributed by atoms with van der Waals surface area (Å²) < 4.78 is 0. The maximum Gasteiger partial charge on any atom is 0.317 e. The van der Waals surface area contributed by atoms with Crippen LogP contribution in [0.2, 0.25) is 0 Å². The van der Waals surface area contributed by atoms with Crippen LogP contribution in [-0.2, 0) is 11.3 Å². The van der Waals surface area contributed by atoms with E-state index >= 15 is 0 Å². The molecule has 25 heavy (non-hydrogen) atoms. The van der Waals surface area contributed by atoms with Gasteiger partial charge in [0.15, 0.2) is 0 Å². The predicted molar refractivity (Wildman–Crippen MR) is 93.0 cm³/mol. The number of carbonyl (C=O) groups excluding carboxylic acids is 1. The normalized spacial score (nSPS) is 25.1. The van der Waals surface area contributed by atoms with Crippen LogP contribution < -0.4 is 5.32 Å². The summed E-state index contributed by atoms with van der Waals surface area (Å²) in [6, 6.07) is 11.5. The van der Waals surface area contributed by atoms with Gasteiger partial charge in [-0.15, -0.1) is 0 Å². The minimum Gasteiger partial charge on any atom is -0.481 e. The lowest BCUT2D eigenvalue weighted by atomic mass is 9.81. The van der Waals surface area contributed by atoms with Crippen LogP contribution in [0.1, 0.15) is 25.0 Å². The number of pyridine rings is 1. The lowest BCUT2D eigenvalue weighted by Gasteiger charge is -2.23. The summed E-state index contributed by atoms with van der Waals surface area (Å²) in [5.74, 6) is -0.684. The van der Waals surface area contributed by atoms with Crippen LogP contribution in [0.5, 0.6) is 0 Å². The number of amides is 2. The van der Waals surface area contributed by atoms with E-state index in [4.69, 9.17) is 0 Å². The number of carboxylic acid groups (broad SMARTS) is 1. The van der Waals surface area contributed by atoms with E-state index in [0.717, 1.165) is 29.4 Å². The third kappa shape index (κ3) is 2.71. The van der Waals surface area contributed by atoms with Gasteiger partial charge in [0.1, 0.15) is 0 Å². The number of carbonyl (C=O) groups is 2. The van der Waals surface area contributed by atoms with Crippen LogP contribution in [0.25, 0.3) is 10.9 Å².